The zero-order valence-electron chi connectivity index (χ0n) is 18.7. The van der Waals surface area contributed by atoms with E-state index in [1.807, 2.05) is 0 Å². The highest BCUT2D eigenvalue weighted by molar-refractivity contribution is 7.87. The molecule has 0 spiro atoms. The van der Waals surface area contributed by atoms with Crippen molar-refractivity contribution < 1.29 is 17.4 Å². The fourth-order valence-electron chi connectivity index (χ4n) is 3.78. The Morgan fingerprint density at radius 2 is 0.821 bits per heavy atom. The largest absolute Gasteiger partial charge is 0.300 e. The van der Waals surface area contributed by atoms with Crippen LogP contribution in [0.3, 0.4) is 0 Å². The lowest BCUT2D eigenvalue weighted by atomic mass is 10.0. The summed E-state index contributed by atoms with van der Waals surface area (Å²) >= 11 is 0. The van der Waals surface area contributed by atoms with E-state index in [-0.39, 0.29) is 12.8 Å². The van der Waals surface area contributed by atoms with Crippen LogP contribution in [0, 0.1) is 0 Å². The molecule has 3 nitrogen and oxygen atoms in total. The van der Waals surface area contributed by atoms with Gasteiger partial charge in [-0.2, -0.15) is 8.42 Å². The molecule has 28 heavy (non-hydrogen) atoms. The number of hydrogen-bond acceptors (Lipinski definition) is 2. The van der Waals surface area contributed by atoms with E-state index in [1.165, 1.54) is 64.2 Å². The van der Waals surface area contributed by atoms with Crippen molar-refractivity contribution in [2.45, 2.75) is 147 Å². The van der Waals surface area contributed by atoms with Crippen LogP contribution in [0.5, 0.6) is 0 Å². The van der Waals surface area contributed by atoms with Crippen molar-refractivity contribution in [2.24, 2.45) is 0 Å². The molecule has 0 rings (SSSR count). The first-order chi connectivity index (χ1) is 13.4. The maximum atomic E-state index is 14.9. The van der Waals surface area contributed by atoms with Crippen molar-refractivity contribution in [1.29, 1.82) is 0 Å². The van der Waals surface area contributed by atoms with Crippen LogP contribution in [-0.2, 0) is 10.1 Å². The van der Waals surface area contributed by atoms with E-state index in [0.29, 0.717) is 12.8 Å². The molecule has 0 heterocycles. The molecule has 0 aliphatic rings. The normalized spacial score (nSPS) is 14.3. The molecular formula is C23H47FO3S. The highest BCUT2D eigenvalue weighted by Gasteiger charge is 2.42. The van der Waals surface area contributed by atoms with E-state index in [9.17, 15) is 17.4 Å². The summed E-state index contributed by atoms with van der Waals surface area (Å²) in [7, 11) is -4.65. The highest BCUT2D eigenvalue weighted by atomic mass is 32.2. The summed E-state index contributed by atoms with van der Waals surface area (Å²) < 4.78 is 47.4. The monoisotopic (exact) mass is 422 g/mol. The van der Waals surface area contributed by atoms with Crippen molar-refractivity contribution in [3.05, 3.63) is 0 Å². The van der Waals surface area contributed by atoms with E-state index in [0.717, 1.165) is 38.5 Å². The Hall–Kier alpha value is -0.160. The first-order valence-electron chi connectivity index (χ1n) is 12.0. The Morgan fingerprint density at radius 1 is 0.571 bits per heavy atom. The maximum Gasteiger partial charge on any atom is 0.300 e. The van der Waals surface area contributed by atoms with Gasteiger partial charge in [0.25, 0.3) is 10.1 Å². The summed E-state index contributed by atoms with van der Waals surface area (Å²) in [6.07, 6.45) is 19.5. The Bertz CT molecular complexity index is 439. The lowest BCUT2D eigenvalue weighted by Gasteiger charge is -2.22. The molecule has 0 aromatic heterocycles. The van der Waals surface area contributed by atoms with Gasteiger partial charge in [-0.05, 0) is 25.7 Å². The minimum Gasteiger partial charge on any atom is -0.283 e. The van der Waals surface area contributed by atoms with E-state index in [1.54, 1.807) is 0 Å². The fraction of sp³-hybridized carbons (Fsp3) is 1.00. The van der Waals surface area contributed by atoms with Crippen LogP contribution < -0.4 is 0 Å². The minimum absolute atomic E-state index is 0.0706. The number of hydrogen-bond donors (Lipinski definition) is 1. The Balaban J connectivity index is 3.88. The van der Waals surface area contributed by atoms with Crippen LogP contribution >= 0.6 is 0 Å². The quantitative estimate of drug-likeness (QED) is 0.149. The van der Waals surface area contributed by atoms with Gasteiger partial charge >= 0.3 is 0 Å². The van der Waals surface area contributed by atoms with E-state index in [4.69, 9.17) is 0 Å². The number of alkyl halides is 1. The molecule has 5 heteroatoms. The second-order valence-electron chi connectivity index (χ2n) is 8.52. The number of halogens is 1. The van der Waals surface area contributed by atoms with Crippen molar-refractivity contribution in [3.63, 3.8) is 0 Å². The molecule has 0 amide bonds. The average molecular weight is 423 g/mol. The van der Waals surface area contributed by atoms with Crippen LogP contribution in [0.25, 0.3) is 0 Å². The third-order valence-electron chi connectivity index (χ3n) is 5.77. The standard InChI is InChI=1S/C23H47FO3S/c1-3-5-7-9-11-13-14-16-18-20-22-23(24,28(25,26)27)21-19-17-15-12-10-8-6-4-2/h3-22H2,1-2H3,(H,25,26,27). The molecule has 0 saturated heterocycles. The molecule has 1 unspecified atom stereocenters. The van der Waals surface area contributed by atoms with Gasteiger partial charge in [0.15, 0.2) is 0 Å². The van der Waals surface area contributed by atoms with Crippen molar-refractivity contribution >= 4 is 10.1 Å². The average Bonchev–Trinajstić information content (AvgIpc) is 2.64. The van der Waals surface area contributed by atoms with Gasteiger partial charge in [-0.3, -0.25) is 4.55 Å². The van der Waals surface area contributed by atoms with Gasteiger partial charge in [-0.1, -0.05) is 117 Å². The van der Waals surface area contributed by atoms with Crippen molar-refractivity contribution in [1.82, 2.24) is 0 Å². The highest BCUT2D eigenvalue weighted by Crippen LogP contribution is 2.32. The van der Waals surface area contributed by atoms with E-state index >= 15 is 0 Å². The van der Waals surface area contributed by atoms with Gasteiger partial charge in [0, 0.05) is 0 Å². The van der Waals surface area contributed by atoms with Gasteiger partial charge in [0.1, 0.15) is 0 Å². The lowest BCUT2D eigenvalue weighted by molar-refractivity contribution is 0.203. The summed E-state index contributed by atoms with van der Waals surface area (Å²) in [5.74, 6) is 0. The van der Waals surface area contributed by atoms with Gasteiger partial charge in [0.05, 0.1) is 0 Å². The lowest BCUT2D eigenvalue weighted by Crippen LogP contribution is -2.33. The predicted molar refractivity (Wildman–Crippen MR) is 119 cm³/mol. The van der Waals surface area contributed by atoms with Gasteiger partial charge < -0.3 is 0 Å². The van der Waals surface area contributed by atoms with Crippen LogP contribution in [-0.4, -0.2) is 18.0 Å². The molecule has 0 aromatic carbocycles. The maximum absolute atomic E-state index is 14.9. The van der Waals surface area contributed by atoms with Crippen LogP contribution in [0.1, 0.15) is 142 Å². The van der Waals surface area contributed by atoms with Crippen LogP contribution in [0.2, 0.25) is 0 Å². The molecule has 0 fully saturated rings. The topological polar surface area (TPSA) is 54.4 Å². The van der Waals surface area contributed by atoms with E-state index < -0.39 is 15.1 Å². The molecule has 1 atom stereocenters. The van der Waals surface area contributed by atoms with Crippen molar-refractivity contribution in [2.75, 3.05) is 0 Å². The molecule has 170 valence electrons. The van der Waals surface area contributed by atoms with Gasteiger partial charge in [-0.25, -0.2) is 4.39 Å². The zero-order valence-corrected chi connectivity index (χ0v) is 19.5. The zero-order chi connectivity index (χ0) is 21.1. The molecule has 0 radical (unpaired) electrons. The minimum atomic E-state index is -4.65. The summed E-state index contributed by atoms with van der Waals surface area (Å²) in [5.41, 5.74) is 0. The Morgan fingerprint density at radius 3 is 1.07 bits per heavy atom. The smallest absolute Gasteiger partial charge is 0.283 e. The summed E-state index contributed by atoms with van der Waals surface area (Å²) in [6, 6.07) is 0. The molecule has 0 aliphatic carbocycles. The Labute approximate surface area is 175 Å². The van der Waals surface area contributed by atoms with Crippen molar-refractivity contribution in [3.8, 4) is 0 Å². The fourth-order valence-corrected chi connectivity index (χ4v) is 4.59. The Kier molecular flexibility index (Phi) is 17.6. The third-order valence-corrected chi connectivity index (χ3v) is 7.10. The molecule has 0 bridgehead atoms. The summed E-state index contributed by atoms with van der Waals surface area (Å²) in [4.78, 5) is 0. The number of rotatable bonds is 21. The molecule has 0 aliphatic heterocycles. The van der Waals surface area contributed by atoms with E-state index in [2.05, 4.69) is 13.8 Å². The van der Waals surface area contributed by atoms with Crippen LogP contribution in [0.15, 0.2) is 0 Å². The summed E-state index contributed by atoms with van der Waals surface area (Å²) in [5, 5.41) is -2.45. The van der Waals surface area contributed by atoms with Crippen LogP contribution in [0.4, 0.5) is 4.39 Å². The second kappa shape index (κ2) is 17.7. The van der Waals surface area contributed by atoms with Gasteiger partial charge in [0.2, 0.25) is 5.00 Å². The predicted octanol–water partition coefficient (Wildman–Crippen LogP) is 8.38. The molecular weight excluding hydrogens is 375 g/mol. The molecule has 1 N–H and O–H groups in total. The molecule has 0 saturated carbocycles. The third kappa shape index (κ3) is 14.8. The second-order valence-corrected chi connectivity index (χ2v) is 10.2. The van der Waals surface area contributed by atoms with Gasteiger partial charge in [-0.15, -0.1) is 0 Å². The first-order valence-corrected chi connectivity index (χ1v) is 13.5. The molecule has 0 aromatic rings. The number of unbranched alkanes of at least 4 members (excludes halogenated alkanes) is 16. The summed E-state index contributed by atoms with van der Waals surface area (Å²) in [6.45, 7) is 4.40. The SMILES string of the molecule is CCCCCCCCCCCCC(F)(CCCCCCCCCC)S(=O)(=O)O. The first kappa shape index (κ1) is 27.8.